The molecule has 1 unspecified atom stereocenters. The first-order chi connectivity index (χ1) is 10.0. The molecular weight excluding hydrogens is 264 g/mol. The smallest absolute Gasteiger partial charge is 0.253 e. The second kappa shape index (κ2) is 6.89. The number of nitrogens with zero attached hydrogens (tertiary/aromatic N) is 3. The normalized spacial score (nSPS) is 18.8. The summed E-state index contributed by atoms with van der Waals surface area (Å²) in [5.41, 5.74) is 1.67. The summed E-state index contributed by atoms with van der Waals surface area (Å²) >= 11 is 0. The molecule has 1 fully saturated rings. The Labute approximate surface area is 127 Å². The molecule has 1 aromatic heterocycles. The first-order valence-corrected chi connectivity index (χ1v) is 7.66. The van der Waals surface area contributed by atoms with Crippen molar-refractivity contribution in [2.75, 3.05) is 46.1 Å². The van der Waals surface area contributed by atoms with Crippen LogP contribution in [0.3, 0.4) is 0 Å². The van der Waals surface area contributed by atoms with E-state index in [2.05, 4.69) is 22.2 Å². The molecule has 1 amide bonds. The molecule has 1 N–H and O–H groups in total. The van der Waals surface area contributed by atoms with Crippen molar-refractivity contribution >= 4 is 11.7 Å². The van der Waals surface area contributed by atoms with Gasteiger partial charge >= 0.3 is 0 Å². The summed E-state index contributed by atoms with van der Waals surface area (Å²) < 4.78 is 0. The van der Waals surface area contributed by atoms with E-state index in [4.69, 9.17) is 0 Å². The quantitative estimate of drug-likeness (QED) is 0.897. The first kappa shape index (κ1) is 15.8. The lowest BCUT2D eigenvalue weighted by molar-refractivity contribution is 0.0774. The molecule has 5 nitrogen and oxygen atoms in total. The van der Waals surface area contributed by atoms with Crippen molar-refractivity contribution in [3.8, 4) is 0 Å². The highest BCUT2D eigenvalue weighted by Crippen LogP contribution is 2.17. The van der Waals surface area contributed by atoms with Crippen molar-refractivity contribution in [1.29, 1.82) is 0 Å². The molecule has 0 aliphatic carbocycles. The van der Waals surface area contributed by atoms with Gasteiger partial charge in [0.2, 0.25) is 0 Å². The molecule has 1 aromatic rings. The number of carbonyl (C=O) groups is 1. The molecule has 5 heteroatoms. The second-order valence-corrected chi connectivity index (χ2v) is 5.94. The Balaban J connectivity index is 2.07. The minimum Gasteiger partial charge on any atom is -0.373 e. The molecule has 1 saturated heterocycles. The van der Waals surface area contributed by atoms with Gasteiger partial charge in [0, 0.05) is 38.4 Å². The highest BCUT2D eigenvalue weighted by atomic mass is 16.2. The van der Waals surface area contributed by atoms with E-state index in [9.17, 15) is 4.79 Å². The lowest BCUT2D eigenvalue weighted by Gasteiger charge is -2.21. The monoisotopic (exact) mass is 290 g/mol. The Morgan fingerprint density at radius 3 is 2.86 bits per heavy atom. The third-order valence-electron chi connectivity index (χ3n) is 4.11. The number of carbonyl (C=O) groups excluding carboxylic acids is 1. The highest BCUT2D eigenvalue weighted by Gasteiger charge is 2.23. The third-order valence-corrected chi connectivity index (χ3v) is 4.11. The molecule has 2 heterocycles. The molecule has 0 radical (unpaired) electrons. The van der Waals surface area contributed by atoms with Crippen LogP contribution in [0, 0.1) is 5.92 Å². The van der Waals surface area contributed by atoms with Gasteiger partial charge < -0.3 is 15.1 Å². The maximum atomic E-state index is 12.6. The van der Waals surface area contributed by atoms with Gasteiger partial charge in [0.05, 0.1) is 0 Å². The van der Waals surface area contributed by atoms with E-state index in [1.807, 2.05) is 38.1 Å². The molecule has 0 saturated carbocycles. The van der Waals surface area contributed by atoms with E-state index in [0.29, 0.717) is 5.92 Å². The molecule has 1 aliphatic heterocycles. The van der Waals surface area contributed by atoms with Gasteiger partial charge in [-0.05, 0) is 44.5 Å². The van der Waals surface area contributed by atoms with Crippen molar-refractivity contribution in [3.63, 3.8) is 0 Å². The third kappa shape index (κ3) is 3.94. The number of anilines is 1. The van der Waals surface area contributed by atoms with E-state index in [0.717, 1.165) is 43.1 Å². The van der Waals surface area contributed by atoms with Crippen LogP contribution in [-0.4, -0.2) is 61.5 Å². The number of likely N-dealkylation sites (tertiary alicyclic amines) is 1. The number of aryl methyl sites for hydroxylation is 1. The molecule has 116 valence electrons. The fourth-order valence-electron chi connectivity index (χ4n) is 2.89. The van der Waals surface area contributed by atoms with Crippen molar-refractivity contribution in [2.45, 2.75) is 19.8 Å². The Bertz CT molecular complexity index is 481. The predicted octanol–water partition coefficient (Wildman–Crippen LogP) is 1.71. The molecule has 21 heavy (non-hydrogen) atoms. The summed E-state index contributed by atoms with van der Waals surface area (Å²) in [6, 6.07) is 3.74. The maximum absolute atomic E-state index is 12.6. The van der Waals surface area contributed by atoms with Gasteiger partial charge in [-0.3, -0.25) is 4.79 Å². The average Bonchev–Trinajstić information content (AvgIpc) is 2.90. The summed E-state index contributed by atoms with van der Waals surface area (Å²) in [6.07, 6.45) is 2.00. The molecular formula is C16H26N4O. The van der Waals surface area contributed by atoms with Crippen LogP contribution in [0.15, 0.2) is 12.1 Å². The number of rotatable bonds is 5. The zero-order valence-electron chi connectivity index (χ0n) is 13.5. The van der Waals surface area contributed by atoms with Gasteiger partial charge in [-0.2, -0.15) is 0 Å². The van der Waals surface area contributed by atoms with E-state index in [-0.39, 0.29) is 5.91 Å². The summed E-state index contributed by atoms with van der Waals surface area (Å²) in [5, 5.41) is 3.03. The van der Waals surface area contributed by atoms with Crippen molar-refractivity contribution in [2.24, 2.45) is 5.92 Å². The summed E-state index contributed by atoms with van der Waals surface area (Å²) in [7, 11) is 5.86. The van der Waals surface area contributed by atoms with Crippen LogP contribution in [0.25, 0.3) is 0 Å². The molecule has 0 spiro atoms. The van der Waals surface area contributed by atoms with Crippen LogP contribution in [0.2, 0.25) is 0 Å². The van der Waals surface area contributed by atoms with Gasteiger partial charge in [0.1, 0.15) is 5.82 Å². The van der Waals surface area contributed by atoms with Gasteiger partial charge in [-0.25, -0.2) is 4.98 Å². The minimum atomic E-state index is 0.0816. The number of amides is 1. The van der Waals surface area contributed by atoms with E-state index in [1.54, 1.807) is 0 Å². The first-order valence-electron chi connectivity index (χ1n) is 7.66. The van der Waals surface area contributed by atoms with E-state index in [1.165, 1.54) is 6.42 Å². The van der Waals surface area contributed by atoms with Crippen molar-refractivity contribution in [3.05, 3.63) is 23.4 Å². The lowest BCUT2D eigenvalue weighted by atomic mass is 10.1. The predicted molar refractivity (Wildman–Crippen MR) is 85.7 cm³/mol. The number of aromatic nitrogens is 1. The van der Waals surface area contributed by atoms with Crippen LogP contribution >= 0.6 is 0 Å². The Hall–Kier alpha value is -1.62. The Morgan fingerprint density at radius 2 is 2.29 bits per heavy atom. The molecule has 0 bridgehead atoms. The zero-order valence-corrected chi connectivity index (χ0v) is 13.5. The van der Waals surface area contributed by atoms with Crippen molar-refractivity contribution < 1.29 is 4.79 Å². The average molecular weight is 290 g/mol. The van der Waals surface area contributed by atoms with Crippen LogP contribution in [0.4, 0.5) is 5.82 Å². The molecule has 1 atom stereocenters. The lowest BCUT2D eigenvalue weighted by Crippen LogP contribution is -2.33. The van der Waals surface area contributed by atoms with Gasteiger partial charge in [0.25, 0.3) is 5.91 Å². The highest BCUT2D eigenvalue weighted by molar-refractivity contribution is 5.94. The number of hydrogen-bond donors (Lipinski definition) is 1. The number of pyridine rings is 1. The van der Waals surface area contributed by atoms with Crippen LogP contribution in [0.5, 0.6) is 0 Å². The van der Waals surface area contributed by atoms with E-state index < -0.39 is 0 Å². The van der Waals surface area contributed by atoms with Gasteiger partial charge in [-0.1, -0.05) is 6.92 Å². The maximum Gasteiger partial charge on any atom is 0.253 e. The van der Waals surface area contributed by atoms with Crippen molar-refractivity contribution in [1.82, 2.24) is 14.8 Å². The Kier molecular flexibility index (Phi) is 5.17. The van der Waals surface area contributed by atoms with Crippen LogP contribution in [-0.2, 0) is 6.42 Å². The summed E-state index contributed by atoms with van der Waals surface area (Å²) in [5.74, 6) is 1.42. The van der Waals surface area contributed by atoms with Gasteiger partial charge in [0.15, 0.2) is 0 Å². The fourth-order valence-corrected chi connectivity index (χ4v) is 2.89. The minimum absolute atomic E-state index is 0.0816. The van der Waals surface area contributed by atoms with Crippen LogP contribution in [0.1, 0.15) is 29.4 Å². The fraction of sp³-hybridized carbons (Fsp3) is 0.625. The molecule has 1 aliphatic rings. The molecule has 2 rings (SSSR count). The second-order valence-electron chi connectivity index (χ2n) is 5.94. The largest absolute Gasteiger partial charge is 0.373 e. The standard InChI is InChI=1S/C16H26N4O/c1-5-14-8-13(9-15(17-2)18-14)16(21)20(4)11-12-6-7-19(3)10-12/h8-9,12H,5-7,10-11H2,1-4H3,(H,17,18). The topological polar surface area (TPSA) is 48.5 Å². The van der Waals surface area contributed by atoms with E-state index >= 15 is 0 Å². The molecule has 0 aromatic carbocycles. The van der Waals surface area contributed by atoms with Crippen LogP contribution < -0.4 is 5.32 Å². The number of nitrogens with one attached hydrogen (secondary N) is 1. The zero-order chi connectivity index (χ0) is 15.4. The number of hydrogen-bond acceptors (Lipinski definition) is 4. The summed E-state index contributed by atoms with van der Waals surface area (Å²) in [6.45, 7) is 5.08. The SMILES string of the molecule is CCc1cc(C(=O)N(C)CC2CCN(C)C2)cc(NC)n1. The Morgan fingerprint density at radius 1 is 1.52 bits per heavy atom. The van der Waals surface area contributed by atoms with Gasteiger partial charge in [-0.15, -0.1) is 0 Å². The summed E-state index contributed by atoms with van der Waals surface area (Å²) in [4.78, 5) is 21.2.